The number of hydrogen-bond acceptors (Lipinski definition) is 4. The number of esters is 1. The maximum absolute atomic E-state index is 12.4. The van der Waals surface area contributed by atoms with Crippen LogP contribution in [0, 0.1) is 0 Å². The van der Waals surface area contributed by atoms with Crippen molar-refractivity contribution < 1.29 is 14.3 Å². The van der Waals surface area contributed by atoms with Gasteiger partial charge in [-0.3, -0.25) is 5.32 Å². The number of ether oxygens (including phenoxy) is 1. The monoisotopic (exact) mass is 350 g/mol. The third-order valence-corrected chi connectivity index (χ3v) is 6.19. The summed E-state index contributed by atoms with van der Waals surface area (Å²) in [6, 6.07) is 0.0431. The topological polar surface area (TPSA) is 67.4 Å². The highest BCUT2D eigenvalue weighted by atomic mass is 32.1. The summed E-state index contributed by atoms with van der Waals surface area (Å²) in [6.45, 7) is 0. The SMILES string of the molecule is COC(=O)c1c(NC(=O)NC2CCCCC2)sc2c1CCCCC2. The van der Waals surface area contributed by atoms with Crippen LogP contribution in [0.4, 0.5) is 9.80 Å². The molecule has 0 saturated heterocycles. The van der Waals surface area contributed by atoms with Crippen molar-refractivity contribution in [1.82, 2.24) is 5.32 Å². The van der Waals surface area contributed by atoms with E-state index in [0.717, 1.165) is 44.1 Å². The number of rotatable bonds is 3. The average Bonchev–Trinajstić information content (AvgIpc) is 2.76. The van der Waals surface area contributed by atoms with Crippen molar-refractivity contribution in [1.29, 1.82) is 0 Å². The van der Waals surface area contributed by atoms with E-state index in [9.17, 15) is 9.59 Å². The van der Waals surface area contributed by atoms with Crippen LogP contribution in [-0.4, -0.2) is 25.2 Å². The van der Waals surface area contributed by atoms with Crippen LogP contribution >= 0.6 is 11.3 Å². The number of methoxy groups -OCH3 is 1. The van der Waals surface area contributed by atoms with Crippen molar-refractivity contribution >= 4 is 28.3 Å². The van der Waals surface area contributed by atoms with Crippen LogP contribution in [0.2, 0.25) is 0 Å². The third-order valence-electron chi connectivity index (χ3n) is 4.98. The zero-order valence-corrected chi connectivity index (χ0v) is 15.1. The predicted molar refractivity (Wildman–Crippen MR) is 95.9 cm³/mol. The van der Waals surface area contributed by atoms with Gasteiger partial charge < -0.3 is 10.1 Å². The summed E-state index contributed by atoms with van der Waals surface area (Å²) in [5, 5.41) is 6.61. The molecule has 0 bridgehead atoms. The number of fused-ring (bicyclic) bond motifs is 1. The van der Waals surface area contributed by atoms with E-state index in [1.165, 1.54) is 49.0 Å². The second-order valence-corrected chi connectivity index (χ2v) is 7.80. The molecule has 1 saturated carbocycles. The van der Waals surface area contributed by atoms with E-state index < -0.39 is 0 Å². The smallest absolute Gasteiger partial charge is 0.341 e. The average molecular weight is 350 g/mol. The van der Waals surface area contributed by atoms with E-state index in [1.54, 1.807) is 0 Å². The van der Waals surface area contributed by atoms with Gasteiger partial charge in [-0.2, -0.15) is 0 Å². The minimum absolute atomic E-state index is 0.205. The first-order valence-electron chi connectivity index (χ1n) is 8.99. The van der Waals surface area contributed by atoms with Gasteiger partial charge in [0.25, 0.3) is 0 Å². The van der Waals surface area contributed by atoms with Gasteiger partial charge in [-0.15, -0.1) is 11.3 Å². The molecule has 24 heavy (non-hydrogen) atoms. The first kappa shape index (κ1) is 17.3. The minimum Gasteiger partial charge on any atom is -0.465 e. The molecule has 2 amide bonds. The molecule has 3 rings (SSSR count). The highest BCUT2D eigenvalue weighted by molar-refractivity contribution is 7.17. The molecule has 1 aromatic rings. The lowest BCUT2D eigenvalue weighted by Gasteiger charge is -2.22. The van der Waals surface area contributed by atoms with Gasteiger partial charge in [0, 0.05) is 10.9 Å². The van der Waals surface area contributed by atoms with Crippen LogP contribution in [0.1, 0.15) is 72.2 Å². The van der Waals surface area contributed by atoms with Crippen LogP contribution in [0.3, 0.4) is 0 Å². The van der Waals surface area contributed by atoms with E-state index >= 15 is 0 Å². The van der Waals surface area contributed by atoms with Crippen LogP contribution in [-0.2, 0) is 17.6 Å². The Kier molecular flexibility index (Phi) is 5.76. The number of nitrogens with one attached hydrogen (secondary N) is 2. The molecular weight excluding hydrogens is 324 g/mol. The van der Waals surface area contributed by atoms with Crippen molar-refractivity contribution in [3.8, 4) is 0 Å². The molecule has 132 valence electrons. The Balaban J connectivity index is 1.76. The van der Waals surface area contributed by atoms with Gasteiger partial charge in [-0.1, -0.05) is 25.7 Å². The number of urea groups is 1. The molecule has 2 aliphatic rings. The molecule has 6 heteroatoms. The standard InChI is InChI=1S/C18H26N2O3S/c1-23-17(21)15-13-10-6-3-7-11-14(13)24-16(15)20-18(22)19-12-8-4-2-5-9-12/h12H,2-11H2,1H3,(H2,19,20,22). The molecule has 0 radical (unpaired) electrons. The summed E-state index contributed by atoms with van der Waals surface area (Å²) in [5.74, 6) is -0.345. The lowest BCUT2D eigenvalue weighted by Crippen LogP contribution is -2.39. The van der Waals surface area contributed by atoms with Gasteiger partial charge >= 0.3 is 12.0 Å². The van der Waals surface area contributed by atoms with Crippen molar-refractivity contribution in [2.45, 2.75) is 70.3 Å². The third kappa shape index (κ3) is 3.91. The predicted octanol–water partition coefficient (Wildman–Crippen LogP) is 4.26. The zero-order valence-electron chi connectivity index (χ0n) is 14.3. The van der Waals surface area contributed by atoms with Gasteiger partial charge in [0.15, 0.2) is 0 Å². The van der Waals surface area contributed by atoms with Gasteiger partial charge in [0.2, 0.25) is 0 Å². The van der Waals surface area contributed by atoms with Crippen LogP contribution < -0.4 is 10.6 Å². The normalized spacial score (nSPS) is 18.4. The largest absolute Gasteiger partial charge is 0.465 e. The summed E-state index contributed by atoms with van der Waals surface area (Å²) in [5.41, 5.74) is 1.65. The number of thiophene rings is 1. The molecule has 1 aromatic heterocycles. The zero-order chi connectivity index (χ0) is 16.9. The van der Waals surface area contributed by atoms with E-state index in [0.29, 0.717) is 10.6 Å². The van der Waals surface area contributed by atoms with E-state index in [-0.39, 0.29) is 18.0 Å². The molecule has 0 atom stereocenters. The number of anilines is 1. The van der Waals surface area contributed by atoms with Crippen LogP contribution in [0.25, 0.3) is 0 Å². The number of hydrogen-bond donors (Lipinski definition) is 2. The Bertz CT molecular complexity index is 606. The highest BCUT2D eigenvalue weighted by Gasteiger charge is 2.26. The molecule has 0 aliphatic heterocycles. The highest BCUT2D eigenvalue weighted by Crippen LogP contribution is 2.38. The molecule has 2 N–H and O–H groups in total. The summed E-state index contributed by atoms with van der Waals surface area (Å²) in [7, 11) is 1.40. The second kappa shape index (κ2) is 8.01. The van der Waals surface area contributed by atoms with Gasteiger partial charge in [-0.05, 0) is 44.1 Å². The lowest BCUT2D eigenvalue weighted by atomic mass is 9.96. The minimum atomic E-state index is -0.345. The molecule has 5 nitrogen and oxygen atoms in total. The Morgan fingerprint density at radius 1 is 1.04 bits per heavy atom. The molecular formula is C18H26N2O3S. The van der Waals surface area contributed by atoms with Gasteiger partial charge in [0.05, 0.1) is 12.7 Å². The van der Waals surface area contributed by atoms with Gasteiger partial charge in [-0.25, -0.2) is 9.59 Å². The fourth-order valence-electron chi connectivity index (χ4n) is 3.72. The second-order valence-electron chi connectivity index (χ2n) is 6.69. The van der Waals surface area contributed by atoms with Crippen LogP contribution in [0.5, 0.6) is 0 Å². The van der Waals surface area contributed by atoms with Crippen LogP contribution in [0.15, 0.2) is 0 Å². The Hall–Kier alpha value is -1.56. The molecule has 1 fully saturated rings. The number of carbonyl (C=O) groups excluding carboxylic acids is 2. The quantitative estimate of drug-likeness (QED) is 0.632. The summed E-state index contributed by atoms with van der Waals surface area (Å²) in [6.07, 6.45) is 11.0. The summed E-state index contributed by atoms with van der Waals surface area (Å²) < 4.78 is 4.97. The fraction of sp³-hybridized carbons (Fsp3) is 0.667. The molecule has 0 aromatic carbocycles. The Morgan fingerprint density at radius 2 is 1.75 bits per heavy atom. The number of amides is 2. The van der Waals surface area contributed by atoms with Crippen molar-refractivity contribution in [3.63, 3.8) is 0 Å². The maximum Gasteiger partial charge on any atom is 0.341 e. The summed E-state index contributed by atoms with van der Waals surface area (Å²) >= 11 is 1.54. The first-order chi connectivity index (χ1) is 11.7. The molecule has 1 heterocycles. The number of aryl methyl sites for hydroxylation is 1. The Labute approximate surface area is 147 Å². The van der Waals surface area contributed by atoms with E-state index in [2.05, 4.69) is 10.6 Å². The van der Waals surface area contributed by atoms with Crippen molar-refractivity contribution in [3.05, 3.63) is 16.0 Å². The Morgan fingerprint density at radius 3 is 2.50 bits per heavy atom. The fourth-order valence-corrected chi connectivity index (χ4v) is 4.99. The molecule has 2 aliphatic carbocycles. The molecule has 0 spiro atoms. The lowest BCUT2D eigenvalue weighted by molar-refractivity contribution is 0.0601. The first-order valence-corrected chi connectivity index (χ1v) is 9.81. The van der Waals surface area contributed by atoms with E-state index in [4.69, 9.17) is 4.74 Å². The molecule has 0 unspecified atom stereocenters. The van der Waals surface area contributed by atoms with Crippen molar-refractivity contribution in [2.24, 2.45) is 0 Å². The number of carbonyl (C=O) groups is 2. The van der Waals surface area contributed by atoms with E-state index in [1.807, 2.05) is 0 Å². The maximum atomic E-state index is 12.4. The van der Waals surface area contributed by atoms with Gasteiger partial charge in [0.1, 0.15) is 5.00 Å². The summed E-state index contributed by atoms with van der Waals surface area (Å²) in [4.78, 5) is 25.8. The van der Waals surface area contributed by atoms with Crippen molar-refractivity contribution in [2.75, 3.05) is 12.4 Å².